The Morgan fingerprint density at radius 2 is 0.429 bits per heavy atom. The SMILES string of the molecule is [Bi+3].[Bi+3].[O-2].[O-2].[O-2].[Te].[Te]. The van der Waals surface area contributed by atoms with Crippen LogP contribution in [0.25, 0.3) is 0 Å². The van der Waals surface area contributed by atoms with Crippen LogP contribution in [0.15, 0.2) is 0 Å². The van der Waals surface area contributed by atoms with Crippen LogP contribution in [-0.2, 0) is 16.4 Å². The molecule has 0 saturated heterocycles. The zero-order valence-corrected chi connectivity index (χ0v) is 14.6. The molecule has 7 heteroatoms. The molecule has 0 aliphatic carbocycles. The van der Waals surface area contributed by atoms with Crippen molar-refractivity contribution in [1.82, 2.24) is 0 Å². The molecule has 0 saturated carbocycles. The van der Waals surface area contributed by atoms with E-state index in [1.54, 1.807) is 0 Å². The zero-order chi connectivity index (χ0) is 0. The monoisotopic (exact) mass is 726 g/mol. The van der Waals surface area contributed by atoms with E-state index in [0.717, 1.165) is 0 Å². The Morgan fingerprint density at radius 3 is 0.429 bits per heavy atom. The minimum absolute atomic E-state index is 0. The Kier molecular flexibility index (Phi) is 717. The van der Waals surface area contributed by atoms with Gasteiger partial charge in [-0.3, -0.25) is 0 Å². The van der Waals surface area contributed by atoms with E-state index < -0.39 is 0 Å². The molecule has 0 aromatic rings. The number of rotatable bonds is 0. The van der Waals surface area contributed by atoms with Gasteiger partial charge in [0.2, 0.25) is 0 Å². The van der Waals surface area contributed by atoms with Gasteiger partial charge in [0, 0.05) is 47.3 Å². The summed E-state index contributed by atoms with van der Waals surface area (Å²) in [5, 5.41) is 0. The second-order valence-corrected chi connectivity index (χ2v) is 0. The third-order valence-corrected chi connectivity index (χ3v) is 0. The Balaban J connectivity index is 0. The smallest absolute Gasteiger partial charge is 2.00 e. The van der Waals surface area contributed by atoms with E-state index in [4.69, 9.17) is 0 Å². The number of hydrogen-bond donors (Lipinski definition) is 0. The minimum atomic E-state index is 0. The Hall–Kier alpha value is 3.23. The van der Waals surface area contributed by atoms with Crippen molar-refractivity contribution in [2.75, 3.05) is 0 Å². The van der Waals surface area contributed by atoms with Crippen LogP contribution in [0.4, 0.5) is 0 Å². The molecule has 0 aromatic carbocycles. The van der Waals surface area contributed by atoms with Crippen molar-refractivity contribution in [3.8, 4) is 0 Å². The largest absolute Gasteiger partial charge is 3.00 e. The number of hydrogen-bond acceptors (Lipinski definition) is 0. The van der Waals surface area contributed by atoms with Gasteiger partial charge in [-0.05, 0) is 0 Å². The van der Waals surface area contributed by atoms with E-state index in [-0.39, 0.29) is 116 Å². The normalized spacial score (nSPS) is 0. The molecule has 0 heterocycles. The van der Waals surface area contributed by atoms with E-state index in [2.05, 4.69) is 0 Å². The van der Waals surface area contributed by atoms with Crippen molar-refractivity contribution in [3.63, 3.8) is 0 Å². The van der Waals surface area contributed by atoms with Crippen molar-refractivity contribution in [1.29, 1.82) is 0 Å². The van der Waals surface area contributed by atoms with E-state index in [0.29, 0.717) is 0 Å². The van der Waals surface area contributed by atoms with E-state index in [1.165, 1.54) is 0 Å². The summed E-state index contributed by atoms with van der Waals surface area (Å²) in [4.78, 5) is 0. The van der Waals surface area contributed by atoms with Crippen LogP contribution in [0.5, 0.6) is 0 Å². The average Bonchev–Trinajstić information content (AvgIpc) is 0. The molecule has 0 fully saturated rings. The summed E-state index contributed by atoms with van der Waals surface area (Å²) in [6.07, 6.45) is 0. The van der Waals surface area contributed by atoms with Gasteiger partial charge in [0.15, 0.2) is 0 Å². The van der Waals surface area contributed by atoms with Crippen molar-refractivity contribution in [3.05, 3.63) is 0 Å². The molecule has 8 radical (unpaired) electrons. The predicted octanol–water partition coefficient (Wildman–Crippen LogP) is -1.88. The van der Waals surface area contributed by atoms with Crippen LogP contribution in [-0.4, -0.2) is 99.7 Å². The maximum atomic E-state index is 0. The molecule has 0 atom stereocenters. The Bertz CT molecular complexity index is 10.9. The Morgan fingerprint density at radius 1 is 0.429 bits per heavy atom. The summed E-state index contributed by atoms with van der Waals surface area (Å²) in [6, 6.07) is 0. The maximum absolute atomic E-state index is 0. The van der Waals surface area contributed by atoms with Crippen LogP contribution in [0.3, 0.4) is 0 Å². The van der Waals surface area contributed by atoms with Crippen LogP contribution >= 0.6 is 0 Å². The first-order chi connectivity index (χ1) is 0. The van der Waals surface area contributed by atoms with Crippen molar-refractivity contribution in [2.45, 2.75) is 0 Å². The van der Waals surface area contributed by atoms with Gasteiger partial charge in [0.1, 0.15) is 0 Å². The molecule has 3 nitrogen and oxygen atoms in total. The molecule has 0 spiro atoms. The van der Waals surface area contributed by atoms with Crippen molar-refractivity contribution < 1.29 is 16.4 Å². The maximum Gasteiger partial charge on any atom is 3.00 e. The van der Waals surface area contributed by atoms with Gasteiger partial charge in [0.25, 0.3) is 0 Å². The zero-order valence-electron chi connectivity index (χ0n) is 2.94. The van der Waals surface area contributed by atoms with Gasteiger partial charge in [0.05, 0.1) is 0 Å². The second kappa shape index (κ2) is 60.0. The molecule has 0 unspecified atom stereocenters. The van der Waals surface area contributed by atoms with Crippen molar-refractivity contribution >= 4 is 99.7 Å². The van der Waals surface area contributed by atoms with Gasteiger partial charge in [-0.1, -0.05) is 0 Å². The molecular weight excluding hydrogens is 721 g/mol. The van der Waals surface area contributed by atoms with E-state index in [9.17, 15) is 0 Å². The summed E-state index contributed by atoms with van der Waals surface area (Å²) >= 11 is 0. The predicted molar refractivity (Wildman–Crippen MR) is 25.1 cm³/mol. The molecule has 0 N–H and O–H groups in total. The topological polar surface area (TPSA) is 85.5 Å². The summed E-state index contributed by atoms with van der Waals surface area (Å²) in [7, 11) is 0. The van der Waals surface area contributed by atoms with Crippen LogP contribution in [0.2, 0.25) is 0 Å². The first-order valence-electron chi connectivity index (χ1n) is 0. The second-order valence-electron chi connectivity index (χ2n) is 0. The minimum Gasteiger partial charge on any atom is -2.00 e. The van der Waals surface area contributed by atoms with Crippen LogP contribution in [0.1, 0.15) is 0 Å². The van der Waals surface area contributed by atoms with Gasteiger partial charge >= 0.3 is 52.4 Å². The standard InChI is InChI=1S/2Bi.3O.2Te/q2*+3;3*-2;;. The molecule has 0 amide bonds. The summed E-state index contributed by atoms with van der Waals surface area (Å²) in [5.41, 5.74) is 0. The molecule has 40 valence electrons. The average molecular weight is 721 g/mol. The Labute approximate surface area is 114 Å². The third-order valence-electron chi connectivity index (χ3n) is 0. The molecule has 0 aliphatic heterocycles. The molecular formula is Bi2O3Te2. The fourth-order valence-electron chi connectivity index (χ4n) is 0. The first kappa shape index (κ1) is 83.7. The quantitative estimate of drug-likeness (QED) is 0.263. The third kappa shape index (κ3) is 46.3. The van der Waals surface area contributed by atoms with Gasteiger partial charge in [-0.2, -0.15) is 0 Å². The van der Waals surface area contributed by atoms with Crippen LogP contribution < -0.4 is 0 Å². The van der Waals surface area contributed by atoms with Gasteiger partial charge in [-0.15, -0.1) is 0 Å². The fraction of sp³-hybridized carbons (Fsp3) is 0. The fourth-order valence-corrected chi connectivity index (χ4v) is 0. The summed E-state index contributed by atoms with van der Waals surface area (Å²) in [6.45, 7) is 0. The molecule has 0 aromatic heterocycles. The van der Waals surface area contributed by atoms with Crippen molar-refractivity contribution in [2.24, 2.45) is 0 Å². The summed E-state index contributed by atoms with van der Waals surface area (Å²) < 4.78 is 0. The molecule has 0 rings (SSSR count). The molecule has 7 heavy (non-hydrogen) atoms. The van der Waals surface area contributed by atoms with Crippen LogP contribution in [0, 0.1) is 0 Å². The van der Waals surface area contributed by atoms with E-state index >= 15 is 0 Å². The molecule has 0 aliphatic rings. The summed E-state index contributed by atoms with van der Waals surface area (Å²) in [5.74, 6) is 0. The molecule has 0 bridgehead atoms. The van der Waals surface area contributed by atoms with E-state index in [1.807, 2.05) is 0 Å². The van der Waals surface area contributed by atoms with Gasteiger partial charge < -0.3 is 16.4 Å². The van der Waals surface area contributed by atoms with Gasteiger partial charge in [-0.25, -0.2) is 0 Å². The first-order valence-corrected chi connectivity index (χ1v) is 0.